The molecular formula is C20H14Na2O11P2. The van der Waals surface area contributed by atoms with Gasteiger partial charge in [-0.2, -0.15) is 0 Å². The first-order chi connectivity index (χ1) is 15.4. The molecule has 0 bridgehead atoms. The summed E-state index contributed by atoms with van der Waals surface area (Å²) in [5.41, 5.74) is -0.0596. The Labute approximate surface area is 241 Å². The van der Waals surface area contributed by atoms with Crippen LogP contribution in [0, 0.1) is 13.8 Å². The Morgan fingerprint density at radius 3 is 1.43 bits per heavy atom. The number of hydrogen-bond donors (Lipinski definition) is 0. The van der Waals surface area contributed by atoms with E-state index < -0.39 is 26.9 Å². The van der Waals surface area contributed by atoms with Crippen molar-refractivity contribution in [1.29, 1.82) is 0 Å². The van der Waals surface area contributed by atoms with Gasteiger partial charge >= 0.3 is 86.0 Å². The summed E-state index contributed by atoms with van der Waals surface area (Å²) in [6.45, 7) is 3.32. The average Bonchev–Trinajstić information content (AvgIpc) is 2.65. The van der Waals surface area contributed by atoms with Crippen LogP contribution in [0.2, 0.25) is 0 Å². The molecule has 2 aromatic heterocycles. The van der Waals surface area contributed by atoms with E-state index in [1.165, 1.54) is 36.4 Å². The first-order valence-electron chi connectivity index (χ1n) is 9.22. The zero-order valence-electron chi connectivity index (χ0n) is 19.0. The van der Waals surface area contributed by atoms with Crippen LogP contribution in [0.15, 0.2) is 67.0 Å². The van der Waals surface area contributed by atoms with Gasteiger partial charge in [0.1, 0.15) is 22.7 Å². The summed E-state index contributed by atoms with van der Waals surface area (Å²) < 4.78 is 47.8. The van der Waals surface area contributed by atoms with Crippen LogP contribution in [-0.2, 0) is 13.4 Å². The molecule has 2 unspecified atom stereocenters. The molecule has 0 fully saturated rings. The number of phosphoric acid groups is 2. The van der Waals surface area contributed by atoms with Gasteiger partial charge in [0.2, 0.25) is 0 Å². The smallest absolute Gasteiger partial charge is 0.746 e. The van der Waals surface area contributed by atoms with Crippen molar-refractivity contribution in [3.8, 4) is 11.5 Å². The molecule has 0 N–H and O–H groups in total. The third kappa shape index (κ3) is 7.41. The van der Waals surface area contributed by atoms with E-state index in [9.17, 15) is 28.5 Å². The van der Waals surface area contributed by atoms with Crippen molar-refractivity contribution in [2.45, 2.75) is 13.8 Å². The predicted molar refractivity (Wildman–Crippen MR) is 112 cm³/mol. The number of hydrogen-bond acceptors (Lipinski definition) is 11. The number of aryl methyl sites for hydroxylation is 2. The third-order valence-electron chi connectivity index (χ3n) is 4.48. The van der Waals surface area contributed by atoms with Gasteiger partial charge in [-0.05, 0) is 49.2 Å². The molecule has 4 aromatic rings. The van der Waals surface area contributed by atoms with Crippen molar-refractivity contribution in [2.75, 3.05) is 0 Å². The Morgan fingerprint density at radius 2 is 1.06 bits per heavy atom. The van der Waals surface area contributed by atoms with Crippen LogP contribution in [0.1, 0.15) is 11.1 Å². The maximum absolute atomic E-state index is 12.2. The van der Waals surface area contributed by atoms with Gasteiger partial charge in [0.05, 0.1) is 0 Å². The van der Waals surface area contributed by atoms with Gasteiger partial charge in [-0.15, -0.1) is 0 Å². The van der Waals surface area contributed by atoms with Gasteiger partial charge in [-0.1, -0.05) is 0 Å². The summed E-state index contributed by atoms with van der Waals surface area (Å²) in [5.74, 6) is -0.699. The van der Waals surface area contributed by atoms with E-state index in [2.05, 4.69) is 13.4 Å². The summed E-state index contributed by atoms with van der Waals surface area (Å²) >= 11 is 0. The maximum atomic E-state index is 12.2. The molecule has 0 spiro atoms. The molecule has 35 heavy (non-hydrogen) atoms. The summed E-state index contributed by atoms with van der Waals surface area (Å²) in [4.78, 5) is 47.3. The Hall–Kier alpha value is -1.20. The molecule has 11 nitrogen and oxygen atoms in total. The van der Waals surface area contributed by atoms with E-state index in [1.54, 1.807) is 13.8 Å². The van der Waals surface area contributed by atoms with Gasteiger partial charge in [0, 0.05) is 35.0 Å². The molecule has 0 aliphatic rings. The van der Waals surface area contributed by atoms with Gasteiger partial charge in [0.25, 0.3) is 0 Å². The van der Waals surface area contributed by atoms with E-state index in [0.717, 1.165) is 12.1 Å². The first kappa shape index (κ1) is 30.0. The quantitative estimate of drug-likeness (QED) is 0.139. The first-order valence-corrected chi connectivity index (χ1v) is 12.1. The molecular weight excluding hydrogens is 524 g/mol. The monoisotopic (exact) mass is 538 g/mol. The number of rotatable bonds is 6. The zero-order chi connectivity index (χ0) is 24.0. The maximum Gasteiger partial charge on any atom is 1.00 e. The van der Waals surface area contributed by atoms with E-state index in [-0.39, 0.29) is 81.8 Å². The van der Waals surface area contributed by atoms with Crippen LogP contribution < -0.4 is 89.2 Å². The van der Waals surface area contributed by atoms with E-state index in [1.807, 2.05) is 0 Å². The molecule has 0 saturated heterocycles. The van der Waals surface area contributed by atoms with Crippen molar-refractivity contribution >= 4 is 37.6 Å². The standard InChI is InChI=1S/C20H16O11P2.2Na/c1-11-7-19(21)27-17-9-13(3-5-15(11)17)29-32(23,24)31-33(25,26)30-14-4-6-16-12(2)8-20(22)28-18(16)10-14;;/h3-10H,1-2H3,(H,23,24)(H,25,26);;/q;2*+1/p-2. The SMILES string of the molecule is Cc1cc(=O)oc2cc(OP(=O)([O-])OP(=O)([O-])Oc3ccc4c(C)cc(=O)oc4c3)ccc12.[Na+].[Na+]. The molecule has 2 aromatic carbocycles. The molecule has 0 aliphatic heterocycles. The van der Waals surface area contributed by atoms with Gasteiger partial charge in [0.15, 0.2) is 0 Å². The molecule has 2 atom stereocenters. The topological polar surface area (TPSA) is 168 Å². The molecule has 2 heterocycles. The zero-order valence-corrected chi connectivity index (χ0v) is 24.8. The second kappa shape index (κ2) is 11.5. The molecule has 0 aliphatic carbocycles. The number of fused-ring (bicyclic) bond motifs is 2. The normalized spacial score (nSPS) is 14.3. The van der Waals surface area contributed by atoms with E-state index in [0.29, 0.717) is 21.9 Å². The van der Waals surface area contributed by atoms with Crippen LogP contribution in [0.25, 0.3) is 21.9 Å². The number of phosphoric ester groups is 2. The molecule has 15 heteroatoms. The minimum absolute atomic E-state index is 0. The van der Waals surface area contributed by atoms with Gasteiger partial charge in [-0.3, -0.25) is 9.13 Å². The minimum Gasteiger partial charge on any atom is -0.746 e. The fourth-order valence-corrected chi connectivity index (χ4v) is 5.13. The Morgan fingerprint density at radius 1 is 0.686 bits per heavy atom. The largest absolute Gasteiger partial charge is 1.00 e. The van der Waals surface area contributed by atoms with Crippen molar-refractivity contribution in [2.24, 2.45) is 0 Å². The number of benzene rings is 2. The summed E-state index contributed by atoms with van der Waals surface area (Å²) in [6.07, 6.45) is 0. The Kier molecular flexibility index (Phi) is 9.83. The summed E-state index contributed by atoms with van der Waals surface area (Å²) in [5, 5.41) is 1.05. The van der Waals surface area contributed by atoms with E-state index >= 15 is 0 Å². The molecule has 0 amide bonds. The van der Waals surface area contributed by atoms with Gasteiger partial charge in [-0.25, -0.2) is 13.9 Å². The average molecular weight is 538 g/mol. The van der Waals surface area contributed by atoms with Crippen LogP contribution in [-0.4, -0.2) is 0 Å². The van der Waals surface area contributed by atoms with Crippen molar-refractivity contribution in [3.63, 3.8) is 0 Å². The van der Waals surface area contributed by atoms with Crippen molar-refractivity contribution in [3.05, 3.63) is 80.5 Å². The van der Waals surface area contributed by atoms with Crippen molar-refractivity contribution < 1.29 is 100 Å². The minimum atomic E-state index is -5.48. The second-order valence-corrected chi connectivity index (χ2v) is 9.78. The van der Waals surface area contributed by atoms with Crippen LogP contribution in [0.4, 0.5) is 0 Å². The molecule has 0 saturated carbocycles. The second-order valence-electron chi connectivity index (χ2n) is 6.97. The molecule has 4 rings (SSSR count). The fraction of sp³-hybridized carbons (Fsp3) is 0.100. The van der Waals surface area contributed by atoms with Crippen LogP contribution >= 0.6 is 15.6 Å². The van der Waals surface area contributed by atoms with Gasteiger partial charge < -0.3 is 27.7 Å². The van der Waals surface area contributed by atoms with E-state index in [4.69, 9.17) is 8.83 Å². The fourth-order valence-electron chi connectivity index (χ4n) is 3.14. The summed E-state index contributed by atoms with van der Waals surface area (Å²) in [7, 11) is -11.0. The summed E-state index contributed by atoms with van der Waals surface area (Å²) in [6, 6.07) is 10.0. The van der Waals surface area contributed by atoms with Crippen molar-refractivity contribution in [1.82, 2.24) is 0 Å². The Bertz CT molecular complexity index is 1490. The Balaban J connectivity index is 0.00000216. The molecule has 0 radical (unpaired) electrons. The van der Waals surface area contributed by atoms with Crippen LogP contribution in [0.5, 0.6) is 11.5 Å². The van der Waals surface area contributed by atoms with Crippen LogP contribution in [0.3, 0.4) is 0 Å². The molecule has 172 valence electrons. The third-order valence-corrected chi connectivity index (χ3v) is 6.95. The predicted octanol–water partition coefficient (Wildman–Crippen LogP) is -3.06.